The fourth-order valence-electron chi connectivity index (χ4n) is 3.34. The summed E-state index contributed by atoms with van der Waals surface area (Å²) in [4.78, 5) is 0. The number of nitriles is 2. The summed E-state index contributed by atoms with van der Waals surface area (Å²) in [5, 5.41) is 18.6. The van der Waals surface area contributed by atoms with Crippen molar-refractivity contribution in [3.63, 3.8) is 0 Å². The van der Waals surface area contributed by atoms with Crippen molar-refractivity contribution < 1.29 is 4.39 Å². The van der Waals surface area contributed by atoms with Crippen LogP contribution < -0.4 is 0 Å². The van der Waals surface area contributed by atoms with Crippen LogP contribution in [-0.4, -0.2) is 0 Å². The largest absolute Gasteiger partial charge is 0.204 e. The summed E-state index contributed by atoms with van der Waals surface area (Å²) in [7, 11) is 0. The lowest BCUT2D eigenvalue weighted by atomic mass is 9.92. The van der Waals surface area contributed by atoms with Crippen molar-refractivity contribution >= 4 is 0 Å². The molecule has 0 bridgehead atoms. The van der Waals surface area contributed by atoms with Gasteiger partial charge in [0.25, 0.3) is 0 Å². The van der Waals surface area contributed by atoms with E-state index in [0.29, 0.717) is 5.56 Å². The Morgan fingerprint density at radius 3 is 1.19 bits per heavy atom. The predicted molar refractivity (Wildman–Crippen MR) is 123 cm³/mol. The van der Waals surface area contributed by atoms with E-state index in [4.69, 9.17) is 0 Å². The van der Waals surface area contributed by atoms with Crippen molar-refractivity contribution in [2.75, 3.05) is 0 Å². The minimum Gasteiger partial charge on any atom is -0.204 e. The summed E-state index contributed by atoms with van der Waals surface area (Å²) in [6.45, 7) is 4.00. The molecule has 4 rings (SSSR count). The second-order valence-corrected chi connectivity index (χ2v) is 6.64. The monoisotopic (exact) mass is 404 g/mol. The zero-order chi connectivity index (χ0) is 22.2. The van der Waals surface area contributed by atoms with Gasteiger partial charge >= 0.3 is 0 Å². The number of hydrogen-bond donors (Lipinski definition) is 0. The molecule has 0 N–H and O–H groups in total. The number of nitrogens with zero attached hydrogens (tertiary/aromatic N) is 2. The van der Waals surface area contributed by atoms with Crippen molar-refractivity contribution in [2.45, 2.75) is 13.8 Å². The summed E-state index contributed by atoms with van der Waals surface area (Å²) in [5.74, 6) is -0.777. The smallest absolute Gasteiger partial charge is 0.158 e. The molecule has 0 aliphatic heterocycles. The van der Waals surface area contributed by atoms with Crippen molar-refractivity contribution in [2.24, 2.45) is 0 Å². The predicted octanol–water partition coefficient (Wildman–Crippen LogP) is 7.60. The minimum atomic E-state index is -0.777. The maximum absolute atomic E-state index is 14.2. The zero-order valence-corrected chi connectivity index (χ0v) is 17.4. The lowest BCUT2D eigenvalue weighted by molar-refractivity contribution is 0.620. The molecular formula is C28H21FN2. The standard InChI is InChI=1S/C26H15FN2.C2H6/c27-26-24(16-28)14-23(15-25(26)17-29)22-12-20(18-7-3-1-4-8-18)11-21(13-22)19-9-5-2-6-10-19;1-2/h1-15H;1-2H3. The van der Waals surface area contributed by atoms with Crippen LogP contribution in [-0.2, 0) is 0 Å². The van der Waals surface area contributed by atoms with Crippen LogP contribution in [0.2, 0.25) is 0 Å². The Morgan fingerprint density at radius 1 is 0.516 bits per heavy atom. The molecule has 4 aromatic rings. The second-order valence-electron chi connectivity index (χ2n) is 6.64. The first-order valence-electron chi connectivity index (χ1n) is 10.1. The number of rotatable bonds is 3. The van der Waals surface area contributed by atoms with Crippen LogP contribution >= 0.6 is 0 Å². The van der Waals surface area contributed by atoms with Gasteiger partial charge in [0, 0.05) is 0 Å². The Balaban J connectivity index is 0.00000132. The van der Waals surface area contributed by atoms with Crippen LogP contribution in [0, 0.1) is 28.5 Å². The molecule has 0 spiro atoms. The molecular weight excluding hydrogens is 383 g/mol. The Bertz CT molecular complexity index is 1170. The fraction of sp³-hybridized carbons (Fsp3) is 0.0714. The fourth-order valence-corrected chi connectivity index (χ4v) is 3.34. The highest BCUT2D eigenvalue weighted by Gasteiger charge is 2.13. The molecule has 4 aromatic carbocycles. The molecule has 0 aliphatic carbocycles. The molecule has 0 saturated heterocycles. The topological polar surface area (TPSA) is 47.6 Å². The van der Waals surface area contributed by atoms with E-state index in [1.54, 1.807) is 0 Å². The van der Waals surface area contributed by atoms with Crippen LogP contribution in [0.25, 0.3) is 33.4 Å². The summed E-state index contributed by atoms with van der Waals surface area (Å²) in [5.41, 5.74) is 5.29. The lowest BCUT2D eigenvalue weighted by Gasteiger charge is -2.12. The summed E-state index contributed by atoms with van der Waals surface area (Å²) < 4.78 is 14.2. The van der Waals surface area contributed by atoms with Gasteiger partial charge in [-0.05, 0) is 63.7 Å². The highest BCUT2D eigenvalue weighted by molar-refractivity contribution is 5.82. The van der Waals surface area contributed by atoms with E-state index in [9.17, 15) is 14.9 Å². The van der Waals surface area contributed by atoms with E-state index in [2.05, 4.69) is 6.07 Å². The van der Waals surface area contributed by atoms with Gasteiger partial charge in [-0.1, -0.05) is 74.5 Å². The Kier molecular flexibility index (Phi) is 6.94. The van der Waals surface area contributed by atoms with Gasteiger partial charge < -0.3 is 0 Å². The molecule has 0 unspecified atom stereocenters. The third-order valence-electron chi connectivity index (χ3n) is 4.79. The van der Waals surface area contributed by atoms with Crippen molar-refractivity contribution in [1.29, 1.82) is 10.5 Å². The molecule has 0 aliphatic rings. The van der Waals surface area contributed by atoms with E-state index in [1.807, 2.05) is 98.8 Å². The van der Waals surface area contributed by atoms with Gasteiger partial charge in [0.1, 0.15) is 12.1 Å². The molecule has 31 heavy (non-hydrogen) atoms. The van der Waals surface area contributed by atoms with Crippen LogP contribution in [0.3, 0.4) is 0 Å². The van der Waals surface area contributed by atoms with Gasteiger partial charge in [0.05, 0.1) is 11.1 Å². The van der Waals surface area contributed by atoms with Gasteiger partial charge in [-0.3, -0.25) is 0 Å². The average Bonchev–Trinajstić information content (AvgIpc) is 2.86. The Hall–Kier alpha value is -4.21. The van der Waals surface area contributed by atoms with Crippen molar-refractivity contribution in [3.8, 4) is 45.5 Å². The Morgan fingerprint density at radius 2 is 0.839 bits per heavy atom. The van der Waals surface area contributed by atoms with Crippen molar-refractivity contribution in [1.82, 2.24) is 0 Å². The highest BCUT2D eigenvalue weighted by atomic mass is 19.1. The SMILES string of the molecule is CC.N#Cc1cc(-c2cc(-c3ccccc3)cc(-c3ccccc3)c2)cc(C#N)c1F. The minimum absolute atomic E-state index is 0.134. The summed E-state index contributed by atoms with van der Waals surface area (Å²) in [6, 6.07) is 32.7. The van der Waals surface area contributed by atoms with Gasteiger partial charge in [0.2, 0.25) is 0 Å². The van der Waals surface area contributed by atoms with Gasteiger partial charge in [0.15, 0.2) is 5.82 Å². The first-order valence-corrected chi connectivity index (χ1v) is 10.1. The lowest BCUT2D eigenvalue weighted by Crippen LogP contribution is -1.93. The maximum atomic E-state index is 14.2. The summed E-state index contributed by atoms with van der Waals surface area (Å²) >= 11 is 0. The molecule has 2 nitrogen and oxygen atoms in total. The molecule has 150 valence electrons. The molecule has 0 heterocycles. The van der Waals surface area contributed by atoms with E-state index < -0.39 is 5.82 Å². The molecule has 0 atom stereocenters. The molecule has 0 amide bonds. The normalized spacial score (nSPS) is 9.71. The van der Waals surface area contributed by atoms with Crippen LogP contribution in [0.4, 0.5) is 4.39 Å². The quantitative estimate of drug-likeness (QED) is 0.353. The van der Waals surface area contributed by atoms with E-state index in [-0.39, 0.29) is 11.1 Å². The van der Waals surface area contributed by atoms with Crippen LogP contribution in [0.5, 0.6) is 0 Å². The van der Waals surface area contributed by atoms with Crippen LogP contribution in [0.15, 0.2) is 91.0 Å². The first-order chi connectivity index (χ1) is 15.2. The van der Waals surface area contributed by atoms with Crippen molar-refractivity contribution in [3.05, 3.63) is 108 Å². The highest BCUT2D eigenvalue weighted by Crippen LogP contribution is 2.34. The van der Waals surface area contributed by atoms with E-state index in [1.165, 1.54) is 12.1 Å². The molecule has 0 saturated carbocycles. The third-order valence-corrected chi connectivity index (χ3v) is 4.79. The average molecular weight is 404 g/mol. The number of benzene rings is 4. The second kappa shape index (κ2) is 10.0. The number of halogens is 1. The molecule has 0 aromatic heterocycles. The third kappa shape index (κ3) is 4.69. The van der Waals surface area contributed by atoms with Gasteiger partial charge in [-0.2, -0.15) is 10.5 Å². The zero-order valence-electron chi connectivity index (χ0n) is 17.4. The molecule has 3 heteroatoms. The number of hydrogen-bond acceptors (Lipinski definition) is 2. The summed E-state index contributed by atoms with van der Waals surface area (Å²) in [6.07, 6.45) is 0. The van der Waals surface area contributed by atoms with Gasteiger partial charge in [-0.15, -0.1) is 0 Å². The van der Waals surface area contributed by atoms with Crippen LogP contribution in [0.1, 0.15) is 25.0 Å². The maximum Gasteiger partial charge on any atom is 0.158 e. The van der Waals surface area contributed by atoms with Gasteiger partial charge in [-0.25, -0.2) is 4.39 Å². The Labute approximate surface area is 182 Å². The van der Waals surface area contributed by atoms with E-state index in [0.717, 1.165) is 27.8 Å². The molecule has 0 radical (unpaired) electrons. The van der Waals surface area contributed by atoms with E-state index >= 15 is 0 Å². The first kappa shape index (κ1) is 21.5. The molecule has 0 fully saturated rings.